The minimum absolute atomic E-state index is 0.0657. The van der Waals surface area contributed by atoms with E-state index in [1.807, 2.05) is 0 Å². The average molecular weight is 531 g/mol. The molecule has 38 heavy (non-hydrogen) atoms. The largest absolute Gasteiger partial charge is 0.458 e. The minimum Gasteiger partial charge on any atom is -0.458 e. The van der Waals surface area contributed by atoms with Crippen LogP contribution in [0.5, 0.6) is 0 Å². The first-order chi connectivity index (χ1) is 18.1. The van der Waals surface area contributed by atoms with E-state index in [1.165, 1.54) is 17.7 Å². The van der Waals surface area contributed by atoms with Crippen molar-refractivity contribution in [3.05, 3.63) is 47.6 Å². The monoisotopic (exact) mass is 530 g/mol. The molecule has 1 spiro atoms. The van der Waals surface area contributed by atoms with E-state index >= 15 is 0 Å². The summed E-state index contributed by atoms with van der Waals surface area (Å²) < 4.78 is 29.1. The predicted octanol–water partition coefficient (Wildman–Crippen LogP) is 2.32. The van der Waals surface area contributed by atoms with Crippen LogP contribution in [0.2, 0.25) is 0 Å². The Bertz CT molecular complexity index is 1070. The van der Waals surface area contributed by atoms with Crippen LogP contribution in [0.3, 0.4) is 0 Å². The van der Waals surface area contributed by atoms with Crippen LogP contribution in [0.1, 0.15) is 46.5 Å². The van der Waals surface area contributed by atoms with E-state index in [1.54, 1.807) is 25.2 Å². The number of carbonyl (C=O) groups is 2. The van der Waals surface area contributed by atoms with Gasteiger partial charge in [-0.2, -0.15) is 0 Å². The normalized spacial score (nSPS) is 39.2. The number of ether oxygens (including phenoxy) is 5. The van der Waals surface area contributed by atoms with Gasteiger partial charge >= 0.3 is 11.9 Å². The lowest BCUT2D eigenvalue weighted by molar-refractivity contribution is -0.228. The van der Waals surface area contributed by atoms with Crippen molar-refractivity contribution in [3.8, 4) is 0 Å². The van der Waals surface area contributed by atoms with Gasteiger partial charge < -0.3 is 33.9 Å². The first-order valence-corrected chi connectivity index (χ1v) is 13.4. The topological polar surface area (TPSA) is 124 Å². The molecule has 0 aromatic rings. The van der Waals surface area contributed by atoms with Crippen molar-refractivity contribution in [1.82, 2.24) is 0 Å². The molecule has 3 fully saturated rings. The molecule has 1 saturated carbocycles. The average Bonchev–Trinajstić information content (AvgIpc) is 3.55. The number of esters is 2. The van der Waals surface area contributed by atoms with Gasteiger partial charge in [-0.05, 0) is 38.7 Å². The highest BCUT2D eigenvalue weighted by Crippen LogP contribution is 2.71. The van der Waals surface area contributed by atoms with Crippen LogP contribution >= 0.6 is 0 Å². The van der Waals surface area contributed by atoms with E-state index in [4.69, 9.17) is 23.7 Å². The predicted molar refractivity (Wildman–Crippen MR) is 136 cm³/mol. The molecule has 2 N–H and O–H groups in total. The quantitative estimate of drug-likeness (QED) is 0.144. The Kier molecular flexibility index (Phi) is 7.43. The number of carbonyl (C=O) groups excluding carboxylic acids is 2. The van der Waals surface area contributed by atoms with Crippen molar-refractivity contribution < 1.29 is 43.5 Å². The van der Waals surface area contributed by atoms with E-state index in [0.717, 1.165) is 18.4 Å². The summed E-state index contributed by atoms with van der Waals surface area (Å²) in [4.78, 5) is 24.0. The second-order valence-corrected chi connectivity index (χ2v) is 11.4. The zero-order chi connectivity index (χ0) is 27.1. The molecule has 3 aliphatic heterocycles. The molecule has 5 rings (SSSR count). The Balaban J connectivity index is 1.21. The number of allylic oxidation sites excluding steroid dienone is 3. The second-order valence-electron chi connectivity index (χ2n) is 11.4. The van der Waals surface area contributed by atoms with Gasteiger partial charge in [0.25, 0.3) is 0 Å². The number of hydrogen-bond donors (Lipinski definition) is 2. The number of epoxide rings is 1. The molecule has 2 aliphatic carbocycles. The molecule has 3 heterocycles. The number of aliphatic hydroxyl groups excluding tert-OH is 2. The van der Waals surface area contributed by atoms with E-state index in [-0.39, 0.29) is 31.4 Å². The molecule has 5 aliphatic rings. The first kappa shape index (κ1) is 27.3. The SMILES string of the molecule is CC1=C[C@H]2OC3CC(OC(=O)/C=C\C=C\C(OCCC4=CC(=O)OC4)C(C)O)C(C)(C34CO4)[C@@]2(CO)CC1. The van der Waals surface area contributed by atoms with Crippen LogP contribution in [0.4, 0.5) is 0 Å². The molecular weight excluding hydrogens is 492 g/mol. The summed E-state index contributed by atoms with van der Waals surface area (Å²) in [6, 6.07) is 0. The van der Waals surface area contributed by atoms with Gasteiger partial charge in [0.2, 0.25) is 0 Å². The molecule has 0 radical (unpaired) electrons. The Morgan fingerprint density at radius 3 is 2.79 bits per heavy atom. The molecule has 9 heteroatoms. The molecule has 2 bridgehead atoms. The number of fused-ring (bicyclic) bond motifs is 2. The molecule has 208 valence electrons. The van der Waals surface area contributed by atoms with Gasteiger partial charge in [-0.3, -0.25) is 0 Å². The zero-order valence-electron chi connectivity index (χ0n) is 22.3. The molecule has 8 atom stereocenters. The lowest BCUT2D eigenvalue weighted by Crippen LogP contribution is -2.66. The number of aliphatic hydroxyl groups is 2. The fraction of sp³-hybridized carbons (Fsp3) is 0.655. The fourth-order valence-electron chi connectivity index (χ4n) is 6.89. The lowest BCUT2D eigenvalue weighted by Gasteiger charge is -2.58. The summed E-state index contributed by atoms with van der Waals surface area (Å²) in [7, 11) is 0. The van der Waals surface area contributed by atoms with Gasteiger partial charge in [0.05, 0.1) is 38.1 Å². The van der Waals surface area contributed by atoms with Crippen LogP contribution in [0, 0.1) is 10.8 Å². The highest BCUT2D eigenvalue weighted by molar-refractivity contribution is 5.85. The van der Waals surface area contributed by atoms with Gasteiger partial charge in [0, 0.05) is 29.4 Å². The van der Waals surface area contributed by atoms with E-state index in [0.29, 0.717) is 26.1 Å². The summed E-state index contributed by atoms with van der Waals surface area (Å²) >= 11 is 0. The van der Waals surface area contributed by atoms with Gasteiger partial charge in [-0.25, -0.2) is 9.59 Å². The zero-order valence-corrected chi connectivity index (χ0v) is 22.3. The lowest BCUT2D eigenvalue weighted by atomic mass is 9.51. The molecular formula is C29H38O9. The van der Waals surface area contributed by atoms with Crippen molar-refractivity contribution in [3.63, 3.8) is 0 Å². The van der Waals surface area contributed by atoms with Gasteiger partial charge in [0.1, 0.15) is 24.4 Å². The summed E-state index contributed by atoms with van der Waals surface area (Å²) in [6.45, 7) is 6.87. The van der Waals surface area contributed by atoms with Gasteiger partial charge in [0.15, 0.2) is 0 Å². The third-order valence-corrected chi connectivity index (χ3v) is 9.33. The Hall–Kier alpha value is -2.30. The van der Waals surface area contributed by atoms with Crippen molar-refractivity contribution >= 4 is 11.9 Å². The van der Waals surface area contributed by atoms with Crippen molar-refractivity contribution in [1.29, 1.82) is 0 Å². The van der Waals surface area contributed by atoms with Crippen LogP contribution in [-0.4, -0.2) is 84.7 Å². The third-order valence-electron chi connectivity index (χ3n) is 9.33. The van der Waals surface area contributed by atoms with Crippen LogP contribution < -0.4 is 0 Å². The Morgan fingerprint density at radius 2 is 2.13 bits per heavy atom. The fourth-order valence-corrected chi connectivity index (χ4v) is 6.89. The van der Waals surface area contributed by atoms with Gasteiger partial charge in [-0.15, -0.1) is 0 Å². The maximum absolute atomic E-state index is 12.9. The number of rotatable bonds is 10. The highest BCUT2D eigenvalue weighted by Gasteiger charge is 2.82. The maximum atomic E-state index is 12.9. The van der Waals surface area contributed by atoms with E-state index < -0.39 is 40.7 Å². The molecule has 2 saturated heterocycles. The molecule has 0 aromatic carbocycles. The second kappa shape index (κ2) is 10.4. The van der Waals surface area contributed by atoms with Crippen LogP contribution in [-0.2, 0) is 33.3 Å². The van der Waals surface area contributed by atoms with Crippen LogP contribution in [0.25, 0.3) is 0 Å². The minimum atomic E-state index is -0.759. The van der Waals surface area contributed by atoms with Gasteiger partial charge in [-0.1, -0.05) is 36.8 Å². The number of hydrogen-bond acceptors (Lipinski definition) is 9. The highest BCUT2D eigenvalue weighted by atomic mass is 16.6. The summed E-state index contributed by atoms with van der Waals surface area (Å²) in [5, 5.41) is 20.7. The third kappa shape index (κ3) is 4.48. The standard InChI is InChI=1S/C29H38O9/c1-18-8-10-28(16-30)23(12-18)37-24-14-22(27(28,3)29(24)17-36-29)38-25(32)7-5-4-6-21(19(2)31)34-11-9-20-13-26(33)35-15-20/h4-7,12-13,19,21-24,30-31H,8-11,14-17H2,1-3H3/b6-4+,7-5-/t19?,21?,22?,23-,24?,27?,28-,29?/m1/s1. The van der Waals surface area contributed by atoms with Crippen molar-refractivity contribution in [2.75, 3.05) is 26.4 Å². The van der Waals surface area contributed by atoms with Crippen LogP contribution in [0.15, 0.2) is 47.6 Å². The van der Waals surface area contributed by atoms with Crippen molar-refractivity contribution in [2.45, 2.75) is 82.6 Å². The summed E-state index contributed by atoms with van der Waals surface area (Å²) in [5.74, 6) is -0.827. The maximum Gasteiger partial charge on any atom is 0.331 e. The molecule has 6 unspecified atom stereocenters. The van der Waals surface area contributed by atoms with E-state index in [9.17, 15) is 19.8 Å². The summed E-state index contributed by atoms with van der Waals surface area (Å²) in [5.41, 5.74) is 0.413. The van der Waals surface area contributed by atoms with Crippen molar-refractivity contribution in [2.24, 2.45) is 10.8 Å². The Morgan fingerprint density at radius 1 is 1.34 bits per heavy atom. The number of cyclic esters (lactones) is 1. The first-order valence-electron chi connectivity index (χ1n) is 13.4. The smallest absolute Gasteiger partial charge is 0.331 e. The van der Waals surface area contributed by atoms with E-state index in [2.05, 4.69) is 19.9 Å². The Labute approximate surface area is 223 Å². The molecule has 9 nitrogen and oxygen atoms in total. The molecule has 0 amide bonds. The molecule has 0 aromatic heterocycles. The summed E-state index contributed by atoms with van der Waals surface area (Å²) in [6.07, 6.45) is 10.3.